The normalized spacial score (nSPS) is 25.7. The third-order valence-electron chi connectivity index (χ3n) is 3.25. The maximum atomic E-state index is 11.8. The number of nitrogens with zero attached hydrogens (tertiary/aromatic N) is 1. The van der Waals surface area contributed by atoms with Crippen LogP contribution in [-0.4, -0.2) is 40.3 Å². The molecule has 0 spiro atoms. The van der Waals surface area contributed by atoms with E-state index in [9.17, 15) is 14.7 Å². The van der Waals surface area contributed by atoms with Crippen molar-refractivity contribution in [3.05, 3.63) is 10.6 Å². The molecule has 0 aliphatic carbocycles. The molecule has 2 aliphatic rings. The SMILES string of the molecule is CCC1C(=O)N2C(C(=O)[O-])=C(SCCO)CC12.[Na+]. The quantitative estimate of drug-likeness (QED) is 0.414. The number of β-lactam (4-membered cyclic amide) rings is 1. The predicted octanol–water partition coefficient (Wildman–Crippen LogP) is -3.68. The number of carbonyl (C=O) groups excluding carboxylic acids is 2. The first-order valence-corrected chi connectivity index (χ1v) is 6.61. The standard InChI is InChI=1S/C11H15NO4S.Na/c1-2-6-7-5-8(17-4-3-13)9(11(15)16)12(7)10(6)14;/h6-7,13H,2-5H2,1H3,(H,15,16);/q;+1/p-1. The number of rotatable bonds is 5. The number of fused-ring (bicyclic) bond motifs is 1. The fourth-order valence-corrected chi connectivity index (χ4v) is 3.43. The van der Waals surface area contributed by atoms with Crippen molar-refractivity contribution < 1.29 is 49.4 Å². The van der Waals surface area contributed by atoms with Crippen molar-refractivity contribution in [3.63, 3.8) is 0 Å². The Hall–Kier alpha value is -0.01000. The summed E-state index contributed by atoms with van der Waals surface area (Å²) in [5.74, 6) is -1.03. The van der Waals surface area contributed by atoms with Crippen molar-refractivity contribution in [2.75, 3.05) is 12.4 Å². The van der Waals surface area contributed by atoms with Crippen molar-refractivity contribution in [2.24, 2.45) is 5.92 Å². The Morgan fingerprint density at radius 2 is 2.28 bits per heavy atom. The van der Waals surface area contributed by atoms with E-state index in [1.54, 1.807) is 0 Å². The molecule has 2 aliphatic heterocycles. The second-order valence-electron chi connectivity index (χ2n) is 4.13. The smallest absolute Gasteiger partial charge is 0.543 e. The molecule has 0 aromatic carbocycles. The van der Waals surface area contributed by atoms with Gasteiger partial charge in [0.25, 0.3) is 0 Å². The monoisotopic (exact) mass is 279 g/mol. The summed E-state index contributed by atoms with van der Waals surface area (Å²) in [4.78, 5) is 24.8. The van der Waals surface area contributed by atoms with Crippen LogP contribution < -0.4 is 34.7 Å². The summed E-state index contributed by atoms with van der Waals surface area (Å²) in [6.45, 7) is 1.92. The molecule has 7 heteroatoms. The van der Waals surface area contributed by atoms with Gasteiger partial charge in [0, 0.05) is 17.1 Å². The molecule has 0 radical (unpaired) electrons. The van der Waals surface area contributed by atoms with Crippen LogP contribution in [0.4, 0.5) is 0 Å². The second-order valence-corrected chi connectivity index (χ2v) is 5.32. The van der Waals surface area contributed by atoms with Gasteiger partial charge in [-0.1, -0.05) is 6.92 Å². The van der Waals surface area contributed by atoms with Crippen LogP contribution in [0.25, 0.3) is 0 Å². The molecule has 0 saturated carbocycles. The Morgan fingerprint density at radius 3 is 2.78 bits per heavy atom. The topological polar surface area (TPSA) is 80.7 Å². The van der Waals surface area contributed by atoms with E-state index in [0.717, 1.165) is 6.42 Å². The molecule has 0 aromatic heterocycles. The minimum Gasteiger partial charge on any atom is -0.543 e. The molecule has 0 bridgehead atoms. The number of amides is 1. The van der Waals surface area contributed by atoms with Crippen LogP contribution >= 0.6 is 11.8 Å². The van der Waals surface area contributed by atoms with E-state index in [1.165, 1.54) is 16.7 Å². The maximum absolute atomic E-state index is 11.8. The van der Waals surface area contributed by atoms with Crippen LogP contribution in [0.1, 0.15) is 19.8 Å². The van der Waals surface area contributed by atoms with Gasteiger partial charge < -0.3 is 19.9 Å². The summed E-state index contributed by atoms with van der Waals surface area (Å²) < 4.78 is 0. The summed E-state index contributed by atoms with van der Waals surface area (Å²) in [6, 6.07) is -0.0124. The molecule has 5 nitrogen and oxygen atoms in total. The number of aliphatic carboxylic acids is 1. The number of hydrogen-bond donors (Lipinski definition) is 1. The first-order valence-electron chi connectivity index (χ1n) is 5.63. The van der Waals surface area contributed by atoms with E-state index in [4.69, 9.17) is 5.11 Å². The molecule has 1 fully saturated rings. The predicted molar refractivity (Wildman–Crippen MR) is 60.6 cm³/mol. The van der Waals surface area contributed by atoms with E-state index in [-0.39, 0.29) is 59.7 Å². The molecule has 1 N–H and O–H groups in total. The van der Waals surface area contributed by atoms with Gasteiger partial charge in [0.1, 0.15) is 0 Å². The van der Waals surface area contributed by atoms with Crippen molar-refractivity contribution in [1.82, 2.24) is 4.90 Å². The first-order chi connectivity index (χ1) is 8.11. The largest absolute Gasteiger partial charge is 1.00 e. The Labute approximate surface area is 132 Å². The summed E-state index contributed by atoms with van der Waals surface area (Å²) in [5.41, 5.74) is 0.0168. The van der Waals surface area contributed by atoms with E-state index in [0.29, 0.717) is 17.1 Å². The van der Waals surface area contributed by atoms with Crippen LogP contribution in [0, 0.1) is 5.92 Å². The third-order valence-corrected chi connectivity index (χ3v) is 4.35. The van der Waals surface area contributed by atoms with E-state index in [1.807, 2.05) is 6.92 Å². The zero-order chi connectivity index (χ0) is 12.6. The van der Waals surface area contributed by atoms with E-state index >= 15 is 0 Å². The molecule has 2 unspecified atom stereocenters. The average Bonchev–Trinajstić information content (AvgIpc) is 2.62. The molecular formula is C11H14NNaO4S. The molecule has 2 atom stereocenters. The number of hydrogen-bond acceptors (Lipinski definition) is 5. The molecule has 2 heterocycles. The van der Waals surface area contributed by atoms with E-state index < -0.39 is 5.97 Å². The Bertz CT molecular complexity index is 399. The van der Waals surface area contributed by atoms with Crippen LogP contribution in [-0.2, 0) is 9.59 Å². The van der Waals surface area contributed by atoms with Crippen molar-refractivity contribution in [3.8, 4) is 0 Å². The molecule has 0 aromatic rings. The summed E-state index contributed by atoms with van der Waals surface area (Å²) in [7, 11) is 0. The number of carboxylic acid groups (broad SMARTS) is 1. The van der Waals surface area contributed by atoms with Crippen LogP contribution in [0.3, 0.4) is 0 Å². The number of thioether (sulfide) groups is 1. The fourth-order valence-electron chi connectivity index (χ4n) is 2.49. The van der Waals surface area contributed by atoms with Gasteiger partial charge in [-0.3, -0.25) is 4.79 Å². The number of carboxylic acids is 1. The van der Waals surface area contributed by atoms with Gasteiger partial charge in [-0.25, -0.2) is 0 Å². The maximum Gasteiger partial charge on any atom is 1.00 e. The van der Waals surface area contributed by atoms with Crippen LogP contribution in [0.15, 0.2) is 10.6 Å². The van der Waals surface area contributed by atoms with Gasteiger partial charge in [-0.2, -0.15) is 0 Å². The number of carbonyl (C=O) groups is 2. The zero-order valence-corrected chi connectivity index (χ0v) is 13.3. The number of aliphatic hydroxyl groups excluding tert-OH is 1. The van der Waals surface area contributed by atoms with Crippen LogP contribution in [0.2, 0.25) is 0 Å². The molecule has 94 valence electrons. The minimum absolute atomic E-state index is 0. The first kappa shape index (κ1) is 16.0. The van der Waals surface area contributed by atoms with Gasteiger partial charge >= 0.3 is 29.6 Å². The third kappa shape index (κ3) is 2.49. The Morgan fingerprint density at radius 1 is 1.61 bits per heavy atom. The molecule has 2 rings (SSSR count). The summed E-state index contributed by atoms with van der Waals surface area (Å²) in [5, 5.41) is 19.8. The van der Waals surface area contributed by atoms with E-state index in [2.05, 4.69) is 0 Å². The minimum atomic E-state index is -1.30. The summed E-state index contributed by atoms with van der Waals surface area (Å²) in [6.07, 6.45) is 1.32. The van der Waals surface area contributed by atoms with Crippen molar-refractivity contribution >= 4 is 23.6 Å². The second kappa shape index (κ2) is 6.43. The Kier molecular flexibility index (Phi) is 5.73. The van der Waals surface area contributed by atoms with Gasteiger partial charge in [0.15, 0.2) is 0 Å². The van der Waals surface area contributed by atoms with Crippen molar-refractivity contribution in [2.45, 2.75) is 25.8 Å². The Balaban J connectivity index is 0.00000162. The zero-order valence-electron chi connectivity index (χ0n) is 10.5. The van der Waals surface area contributed by atoms with Gasteiger partial charge in [0.05, 0.1) is 30.2 Å². The fraction of sp³-hybridized carbons (Fsp3) is 0.636. The number of aliphatic hydroxyl groups is 1. The molecular weight excluding hydrogens is 265 g/mol. The van der Waals surface area contributed by atoms with Crippen molar-refractivity contribution in [1.29, 1.82) is 0 Å². The molecule has 1 saturated heterocycles. The van der Waals surface area contributed by atoms with Gasteiger partial charge in [-0.05, 0) is 6.42 Å². The van der Waals surface area contributed by atoms with Crippen LogP contribution in [0.5, 0.6) is 0 Å². The van der Waals surface area contributed by atoms with Gasteiger partial charge in [0.2, 0.25) is 5.91 Å². The van der Waals surface area contributed by atoms with Gasteiger partial charge in [-0.15, -0.1) is 11.8 Å². The summed E-state index contributed by atoms with van der Waals surface area (Å²) >= 11 is 1.30. The molecule has 18 heavy (non-hydrogen) atoms. The average molecular weight is 279 g/mol. The molecule has 1 amide bonds.